The first-order chi connectivity index (χ1) is 20.0. The summed E-state index contributed by atoms with van der Waals surface area (Å²) < 4.78 is 116. The molecule has 242 valence electrons. The number of alkyl halides is 6. The van der Waals surface area contributed by atoms with Crippen molar-refractivity contribution in [3.8, 4) is 11.1 Å². The maximum absolute atomic E-state index is 16.7. The van der Waals surface area contributed by atoms with Crippen LogP contribution in [0.1, 0.15) is 65.8 Å². The number of hydrogen-bond donors (Lipinski definition) is 1. The second-order valence-corrected chi connectivity index (χ2v) is 12.0. The molecule has 1 unspecified atom stereocenters. The van der Waals surface area contributed by atoms with Crippen LogP contribution in [-0.2, 0) is 24.3 Å². The van der Waals surface area contributed by atoms with E-state index in [9.17, 15) is 31.1 Å². The van der Waals surface area contributed by atoms with Gasteiger partial charge in [-0.25, -0.2) is 8.78 Å². The highest BCUT2D eigenvalue weighted by atomic mass is 19.4. The zero-order valence-corrected chi connectivity index (χ0v) is 25.9. The number of rotatable bonds is 8. The number of likely N-dealkylation sites (N-methyl/N-ethyl adjacent to an activating group) is 1. The van der Waals surface area contributed by atoms with Crippen molar-refractivity contribution < 1.29 is 35.1 Å². The number of pyridine rings is 1. The average Bonchev–Trinajstić information content (AvgIpc) is 2.88. The lowest BCUT2D eigenvalue weighted by Crippen LogP contribution is -2.52. The van der Waals surface area contributed by atoms with Gasteiger partial charge in [0.2, 0.25) is 0 Å². The van der Waals surface area contributed by atoms with Gasteiger partial charge in [0.25, 0.3) is 5.56 Å². The van der Waals surface area contributed by atoms with Gasteiger partial charge < -0.3 is 15.2 Å². The van der Waals surface area contributed by atoms with E-state index in [0.29, 0.717) is 6.07 Å². The van der Waals surface area contributed by atoms with Crippen LogP contribution in [-0.4, -0.2) is 30.1 Å². The van der Waals surface area contributed by atoms with Crippen molar-refractivity contribution in [2.45, 2.75) is 71.9 Å². The number of benzene rings is 2. The fourth-order valence-corrected chi connectivity index (χ4v) is 5.80. The molecule has 0 spiro atoms. The van der Waals surface area contributed by atoms with Crippen LogP contribution in [0.5, 0.6) is 0 Å². The van der Waals surface area contributed by atoms with Crippen LogP contribution in [0.4, 0.5) is 35.1 Å². The molecule has 12 heteroatoms. The highest BCUT2D eigenvalue weighted by Crippen LogP contribution is 2.45. The first-order valence-corrected chi connectivity index (χ1v) is 14.0. The maximum atomic E-state index is 16.7. The van der Waals surface area contributed by atoms with E-state index in [0.717, 1.165) is 22.9 Å². The Morgan fingerprint density at radius 3 is 1.84 bits per heavy atom. The molecule has 0 fully saturated rings. The standard InChI is InChI=1S/C32H37F8N3O/c1-16(2)30(41,20(6)43-15-21(9-10-42(7)8)24(14-25(43)44)32(38,39)40)27-28(33)19(5)13-23(29(27)34)26-17(3)11-22(12-18(26)4)31(35,36)37/h11-16,20H,9-10,41H2,1-8H3/t20?,30-/m1/s1. The van der Waals surface area contributed by atoms with Gasteiger partial charge in [0, 0.05) is 29.9 Å². The van der Waals surface area contributed by atoms with E-state index in [-0.39, 0.29) is 46.3 Å². The third-order valence-electron chi connectivity index (χ3n) is 8.31. The van der Waals surface area contributed by atoms with Crippen molar-refractivity contribution >= 4 is 0 Å². The predicted molar refractivity (Wildman–Crippen MR) is 154 cm³/mol. The van der Waals surface area contributed by atoms with Crippen LogP contribution >= 0.6 is 0 Å². The van der Waals surface area contributed by atoms with Gasteiger partial charge in [-0.05, 0) is 100 Å². The lowest BCUT2D eigenvalue weighted by Gasteiger charge is -2.41. The monoisotopic (exact) mass is 631 g/mol. The molecule has 1 heterocycles. The van der Waals surface area contributed by atoms with Gasteiger partial charge in [-0.1, -0.05) is 13.8 Å². The molecule has 2 N–H and O–H groups in total. The zero-order valence-electron chi connectivity index (χ0n) is 25.9. The quantitative estimate of drug-likeness (QED) is 0.257. The van der Waals surface area contributed by atoms with Crippen LogP contribution in [0.3, 0.4) is 0 Å². The summed E-state index contributed by atoms with van der Waals surface area (Å²) in [4.78, 5) is 14.8. The molecule has 2 aromatic carbocycles. The molecule has 0 radical (unpaired) electrons. The highest BCUT2D eigenvalue weighted by molar-refractivity contribution is 5.74. The number of nitrogens with two attached hydrogens (primary N) is 1. The van der Waals surface area contributed by atoms with Gasteiger partial charge in [0.1, 0.15) is 11.6 Å². The summed E-state index contributed by atoms with van der Waals surface area (Å²) in [5.41, 5.74) is 1.04. The lowest BCUT2D eigenvalue weighted by molar-refractivity contribution is -0.139. The van der Waals surface area contributed by atoms with Crippen LogP contribution in [0.25, 0.3) is 11.1 Å². The smallest absolute Gasteiger partial charge is 0.319 e. The van der Waals surface area contributed by atoms with E-state index in [1.54, 1.807) is 32.8 Å². The SMILES string of the molecule is Cc1cc(-c2c(C)cc(C(F)(F)F)cc2C)c(F)c([C@@](N)(C(C)C)C(C)n2cc(CCN(C)C)c(C(F)(F)F)cc2=O)c1F. The number of nitrogens with zero attached hydrogens (tertiary/aromatic N) is 2. The zero-order chi connectivity index (χ0) is 33.7. The minimum absolute atomic E-state index is 0.0517. The minimum Gasteiger partial charge on any atom is -0.319 e. The van der Waals surface area contributed by atoms with Crippen LogP contribution in [0, 0.1) is 38.3 Å². The van der Waals surface area contributed by atoms with E-state index >= 15 is 8.78 Å². The van der Waals surface area contributed by atoms with Crippen molar-refractivity contribution in [1.29, 1.82) is 0 Å². The Kier molecular flexibility index (Phi) is 9.82. The Morgan fingerprint density at radius 1 is 0.841 bits per heavy atom. The molecule has 0 saturated carbocycles. The number of hydrogen-bond acceptors (Lipinski definition) is 3. The first kappa shape index (κ1) is 35.2. The molecule has 2 atom stereocenters. The molecule has 44 heavy (non-hydrogen) atoms. The van der Waals surface area contributed by atoms with Crippen LogP contribution in [0.15, 0.2) is 35.3 Å². The predicted octanol–water partition coefficient (Wildman–Crippen LogP) is 7.93. The van der Waals surface area contributed by atoms with Gasteiger partial charge in [-0.2, -0.15) is 26.3 Å². The first-order valence-electron chi connectivity index (χ1n) is 14.0. The van der Waals surface area contributed by atoms with Gasteiger partial charge in [-0.15, -0.1) is 0 Å². The molecule has 0 saturated heterocycles. The third-order valence-corrected chi connectivity index (χ3v) is 8.31. The summed E-state index contributed by atoms with van der Waals surface area (Å²) in [5.74, 6) is -2.93. The molecule has 3 aromatic rings. The van der Waals surface area contributed by atoms with E-state index < -0.39 is 63.7 Å². The van der Waals surface area contributed by atoms with E-state index in [1.165, 1.54) is 33.8 Å². The maximum Gasteiger partial charge on any atom is 0.416 e. The second-order valence-electron chi connectivity index (χ2n) is 12.0. The lowest BCUT2D eigenvalue weighted by atomic mass is 9.73. The summed E-state index contributed by atoms with van der Waals surface area (Å²) in [6.45, 7) is 8.87. The van der Waals surface area contributed by atoms with Gasteiger partial charge in [0.15, 0.2) is 0 Å². The summed E-state index contributed by atoms with van der Waals surface area (Å²) in [7, 11) is 3.35. The molecule has 0 aliphatic rings. The Balaban J connectivity index is 2.34. The summed E-state index contributed by atoms with van der Waals surface area (Å²) in [5, 5.41) is 0. The average molecular weight is 632 g/mol. The molecule has 3 rings (SSSR count). The number of aryl methyl sites for hydroxylation is 3. The van der Waals surface area contributed by atoms with Gasteiger partial charge >= 0.3 is 12.4 Å². The minimum atomic E-state index is -4.82. The number of halogens is 8. The molecule has 0 bridgehead atoms. The van der Waals surface area contributed by atoms with Gasteiger partial charge in [0.05, 0.1) is 22.7 Å². The van der Waals surface area contributed by atoms with Crippen molar-refractivity contribution in [3.63, 3.8) is 0 Å². The Hall–Kier alpha value is -3.25. The normalized spacial score (nSPS) is 14.8. The highest BCUT2D eigenvalue weighted by Gasteiger charge is 2.45. The molecule has 0 amide bonds. The molecule has 0 aliphatic carbocycles. The topological polar surface area (TPSA) is 51.3 Å². The molecule has 1 aromatic heterocycles. The van der Waals surface area contributed by atoms with Crippen LogP contribution in [0.2, 0.25) is 0 Å². The van der Waals surface area contributed by atoms with E-state index in [4.69, 9.17) is 5.73 Å². The second kappa shape index (κ2) is 12.3. The van der Waals surface area contributed by atoms with Crippen LogP contribution < -0.4 is 11.3 Å². The Bertz CT molecular complexity index is 1580. The van der Waals surface area contributed by atoms with Crippen molar-refractivity contribution in [1.82, 2.24) is 9.47 Å². The summed E-state index contributed by atoms with van der Waals surface area (Å²) in [6, 6.07) is 2.14. The Labute approximate surface area is 251 Å². The molecular formula is C32H37F8N3O. The summed E-state index contributed by atoms with van der Waals surface area (Å²) in [6.07, 6.45) is -8.49. The van der Waals surface area contributed by atoms with Crippen molar-refractivity contribution in [2.75, 3.05) is 20.6 Å². The molecular weight excluding hydrogens is 594 g/mol. The Morgan fingerprint density at radius 2 is 1.39 bits per heavy atom. The fraction of sp³-hybridized carbons (Fsp3) is 0.469. The van der Waals surface area contributed by atoms with Crippen molar-refractivity contribution in [2.24, 2.45) is 11.7 Å². The largest absolute Gasteiger partial charge is 0.416 e. The number of aromatic nitrogens is 1. The molecule has 0 aliphatic heterocycles. The fourth-order valence-electron chi connectivity index (χ4n) is 5.80. The van der Waals surface area contributed by atoms with Gasteiger partial charge in [-0.3, -0.25) is 4.79 Å². The van der Waals surface area contributed by atoms with Crippen molar-refractivity contribution in [3.05, 3.63) is 91.4 Å². The van der Waals surface area contributed by atoms with E-state index in [1.807, 2.05) is 0 Å². The molecule has 4 nitrogen and oxygen atoms in total. The summed E-state index contributed by atoms with van der Waals surface area (Å²) >= 11 is 0. The van der Waals surface area contributed by atoms with E-state index in [2.05, 4.69) is 0 Å². The third kappa shape index (κ3) is 6.56.